The molecule has 3 rings (SSSR count). The first-order valence-corrected chi connectivity index (χ1v) is 10.6. The van der Waals surface area contributed by atoms with Crippen LogP contribution in [0.15, 0.2) is 46.6 Å². The Balaban J connectivity index is 0.00000341. The summed E-state index contributed by atoms with van der Waals surface area (Å²) in [5.74, 6) is 0. The second kappa shape index (κ2) is 10.3. The van der Waals surface area contributed by atoms with Crippen LogP contribution in [0.25, 0.3) is 10.2 Å². The fourth-order valence-electron chi connectivity index (χ4n) is 3.04. The van der Waals surface area contributed by atoms with Crippen LogP contribution in [0.1, 0.15) is 12.5 Å². The van der Waals surface area contributed by atoms with E-state index >= 15 is 0 Å². The van der Waals surface area contributed by atoms with Crippen molar-refractivity contribution in [2.75, 3.05) is 45.7 Å². The van der Waals surface area contributed by atoms with E-state index in [2.05, 4.69) is 60.3 Å². The second-order valence-corrected chi connectivity index (χ2v) is 9.18. The van der Waals surface area contributed by atoms with Crippen molar-refractivity contribution in [2.24, 2.45) is 10.2 Å². The molecule has 31 heavy (non-hydrogen) atoms. The Kier molecular flexibility index (Phi) is 8.21. The number of hydrogen-bond donors (Lipinski definition) is 0. The van der Waals surface area contributed by atoms with Crippen LogP contribution in [0.2, 0.25) is 0 Å². The zero-order valence-electron chi connectivity index (χ0n) is 18.4. The number of nitro benzene ring substituents is 1. The molecule has 0 aliphatic heterocycles. The van der Waals surface area contributed by atoms with Gasteiger partial charge in [0.25, 0.3) is 5.69 Å². The number of aryl methyl sites for hydroxylation is 1. The van der Waals surface area contributed by atoms with E-state index in [0.717, 1.165) is 51.3 Å². The highest BCUT2D eigenvalue weighted by atomic mass is 79.9. The molecular formula is C21H27BrN6O2S. The number of thiazole rings is 1. The number of azo groups is 1. The molecule has 10 heteroatoms. The highest BCUT2D eigenvalue weighted by molar-refractivity contribution is 7.22. The van der Waals surface area contributed by atoms with E-state index in [1.165, 1.54) is 23.5 Å². The molecule has 0 bridgehead atoms. The van der Waals surface area contributed by atoms with Crippen molar-refractivity contribution in [2.45, 2.75) is 13.8 Å². The molecule has 0 saturated heterocycles. The Bertz CT molecular complexity index is 1080. The highest BCUT2D eigenvalue weighted by Gasteiger charge is 2.14. The normalized spacial score (nSPS) is 11.6. The lowest BCUT2D eigenvalue weighted by atomic mass is 10.2. The predicted molar refractivity (Wildman–Crippen MR) is 122 cm³/mol. The van der Waals surface area contributed by atoms with Crippen molar-refractivity contribution >= 4 is 43.7 Å². The minimum absolute atomic E-state index is 0. The maximum absolute atomic E-state index is 11.0. The summed E-state index contributed by atoms with van der Waals surface area (Å²) in [6, 6.07) is 11.1. The summed E-state index contributed by atoms with van der Waals surface area (Å²) in [4.78, 5) is 17.5. The van der Waals surface area contributed by atoms with Gasteiger partial charge in [0.05, 0.1) is 55.1 Å². The molecule has 0 saturated carbocycles. The average molecular weight is 507 g/mol. The van der Waals surface area contributed by atoms with Crippen LogP contribution >= 0.6 is 11.3 Å². The smallest absolute Gasteiger partial charge is 0.271 e. The number of nitrogens with zero attached hydrogens (tertiary/aromatic N) is 6. The maximum atomic E-state index is 11.0. The summed E-state index contributed by atoms with van der Waals surface area (Å²) in [6.07, 6.45) is 0. The molecule has 8 nitrogen and oxygen atoms in total. The monoisotopic (exact) mass is 506 g/mol. The van der Waals surface area contributed by atoms with Gasteiger partial charge in [-0.1, -0.05) is 11.3 Å². The molecule has 0 amide bonds. The van der Waals surface area contributed by atoms with Gasteiger partial charge in [0.2, 0.25) is 5.13 Å². The minimum atomic E-state index is -0.394. The topological polar surface area (TPSA) is 84.0 Å². The first kappa shape index (κ1) is 24.8. The molecule has 0 unspecified atom stereocenters. The minimum Gasteiger partial charge on any atom is -1.00 e. The van der Waals surface area contributed by atoms with Crippen molar-refractivity contribution in [1.82, 2.24) is 4.98 Å². The molecule has 0 N–H and O–H groups in total. The zero-order chi connectivity index (χ0) is 21.9. The summed E-state index contributed by atoms with van der Waals surface area (Å²) in [6.45, 7) is 6.95. The van der Waals surface area contributed by atoms with Crippen molar-refractivity contribution < 1.29 is 26.4 Å². The van der Waals surface area contributed by atoms with Gasteiger partial charge in [0, 0.05) is 24.4 Å². The summed E-state index contributed by atoms with van der Waals surface area (Å²) in [5.41, 5.74) is 3.45. The molecule has 1 heterocycles. The van der Waals surface area contributed by atoms with Crippen LogP contribution in [0.3, 0.4) is 0 Å². The summed E-state index contributed by atoms with van der Waals surface area (Å²) in [5, 5.41) is 20.1. The summed E-state index contributed by atoms with van der Waals surface area (Å²) in [7, 11) is 6.58. The van der Waals surface area contributed by atoms with E-state index in [1.54, 1.807) is 0 Å². The van der Waals surface area contributed by atoms with E-state index in [4.69, 9.17) is 0 Å². The second-order valence-electron chi connectivity index (χ2n) is 8.17. The third kappa shape index (κ3) is 6.52. The van der Waals surface area contributed by atoms with Gasteiger partial charge in [-0.25, -0.2) is 4.98 Å². The zero-order valence-corrected chi connectivity index (χ0v) is 20.8. The molecule has 2 aromatic carbocycles. The van der Waals surface area contributed by atoms with Gasteiger partial charge in [0.15, 0.2) is 0 Å². The number of benzene rings is 2. The number of hydrogen-bond acceptors (Lipinski definition) is 7. The highest BCUT2D eigenvalue weighted by Crippen LogP contribution is 2.34. The average Bonchev–Trinajstić information content (AvgIpc) is 3.10. The lowest BCUT2D eigenvalue weighted by Crippen LogP contribution is -3.00. The first-order valence-electron chi connectivity index (χ1n) is 9.79. The third-order valence-electron chi connectivity index (χ3n) is 4.76. The first-order chi connectivity index (χ1) is 14.2. The lowest BCUT2D eigenvalue weighted by Gasteiger charge is -2.29. The molecule has 0 aliphatic carbocycles. The summed E-state index contributed by atoms with van der Waals surface area (Å²) >= 11 is 1.30. The number of rotatable bonds is 8. The van der Waals surface area contributed by atoms with Crippen LogP contribution in [-0.4, -0.2) is 55.2 Å². The predicted octanol–water partition coefficient (Wildman–Crippen LogP) is 2.46. The molecule has 166 valence electrons. The van der Waals surface area contributed by atoms with E-state index < -0.39 is 4.92 Å². The van der Waals surface area contributed by atoms with Crippen molar-refractivity contribution in [3.05, 3.63) is 52.1 Å². The van der Waals surface area contributed by atoms with Gasteiger partial charge < -0.3 is 26.4 Å². The number of quaternary nitrogens is 1. The maximum Gasteiger partial charge on any atom is 0.271 e. The molecule has 1 aromatic heterocycles. The molecule has 0 aliphatic rings. The van der Waals surface area contributed by atoms with Gasteiger partial charge in [-0.2, -0.15) is 0 Å². The van der Waals surface area contributed by atoms with Crippen molar-refractivity contribution in [3.8, 4) is 0 Å². The van der Waals surface area contributed by atoms with Crippen molar-refractivity contribution in [3.63, 3.8) is 0 Å². The quantitative estimate of drug-likeness (QED) is 0.203. The van der Waals surface area contributed by atoms with Gasteiger partial charge in [-0.05, 0) is 43.7 Å². The van der Waals surface area contributed by atoms with Gasteiger partial charge in [0.1, 0.15) is 0 Å². The van der Waals surface area contributed by atoms with Gasteiger partial charge in [-0.15, -0.1) is 10.2 Å². The lowest BCUT2D eigenvalue weighted by molar-refractivity contribution is -0.868. The number of aromatic nitrogens is 1. The molecule has 0 fully saturated rings. The number of non-ortho nitro benzene ring substituents is 1. The number of nitro groups is 1. The molecular weight excluding hydrogens is 480 g/mol. The van der Waals surface area contributed by atoms with E-state index in [0.29, 0.717) is 5.13 Å². The number of halogens is 1. The fourth-order valence-corrected chi connectivity index (χ4v) is 3.93. The van der Waals surface area contributed by atoms with Crippen LogP contribution in [-0.2, 0) is 0 Å². The number of fused-ring (bicyclic) bond motifs is 1. The van der Waals surface area contributed by atoms with E-state index in [1.807, 2.05) is 19.1 Å². The van der Waals surface area contributed by atoms with Gasteiger partial charge >= 0.3 is 0 Å². The Hall–Kier alpha value is -2.43. The Labute approximate surface area is 196 Å². The van der Waals surface area contributed by atoms with Crippen LogP contribution in [0.4, 0.5) is 22.2 Å². The molecule has 0 spiro atoms. The van der Waals surface area contributed by atoms with Crippen molar-refractivity contribution in [1.29, 1.82) is 0 Å². The van der Waals surface area contributed by atoms with E-state index in [9.17, 15) is 10.1 Å². The number of anilines is 1. The van der Waals surface area contributed by atoms with Crippen LogP contribution in [0, 0.1) is 17.0 Å². The van der Waals surface area contributed by atoms with Crippen LogP contribution in [0.5, 0.6) is 0 Å². The standard InChI is InChI=1S/C21H27N6O2S.BrH/c1-6-25(11-12-27(3,4)5)17-9-7-16(8-10-17)23-24-21-22-20-15(2)13-18(26(28)29)14-19(20)30-21;/h7-10,13-14H,6,11-12H2,1-5H3;1H/q+1;/p-1/b24-23+;. The summed E-state index contributed by atoms with van der Waals surface area (Å²) < 4.78 is 1.66. The molecule has 0 atom stereocenters. The van der Waals surface area contributed by atoms with Gasteiger partial charge in [-0.3, -0.25) is 10.1 Å². The van der Waals surface area contributed by atoms with E-state index in [-0.39, 0.29) is 22.7 Å². The Morgan fingerprint density at radius 2 is 1.84 bits per heavy atom. The third-order valence-corrected chi connectivity index (χ3v) is 5.64. The number of likely N-dealkylation sites (N-methyl/N-ethyl adjacent to an activating group) is 2. The fraction of sp³-hybridized carbons (Fsp3) is 0.381. The Morgan fingerprint density at radius 3 is 2.42 bits per heavy atom. The molecule has 3 aromatic rings. The largest absolute Gasteiger partial charge is 1.00 e. The van der Waals surface area contributed by atoms with Crippen LogP contribution < -0.4 is 21.9 Å². The molecule has 0 radical (unpaired) electrons. The SMILES string of the molecule is CCN(CC[N+](C)(C)C)c1ccc(/N=N/c2nc3c(C)cc([N+](=O)[O-])cc3s2)cc1.[Br-]. The Morgan fingerprint density at radius 1 is 1.16 bits per heavy atom.